The molecule has 0 atom stereocenters. The van der Waals surface area contributed by atoms with Gasteiger partial charge in [-0.05, 0) is 12.8 Å². The van der Waals surface area contributed by atoms with Crippen LogP contribution < -0.4 is 0 Å². The maximum Gasteiger partial charge on any atom is 0.202 e. The molecule has 1 aliphatic rings. The van der Waals surface area contributed by atoms with E-state index in [-0.39, 0.29) is 11.7 Å². The third-order valence-corrected chi connectivity index (χ3v) is 2.37. The SMILES string of the molecule is O=C(c1ncn[nH]1)C1CCCC1. The van der Waals surface area contributed by atoms with E-state index >= 15 is 0 Å². The fraction of sp³-hybridized carbons (Fsp3) is 0.625. The van der Waals surface area contributed by atoms with Gasteiger partial charge in [0.2, 0.25) is 5.78 Å². The van der Waals surface area contributed by atoms with E-state index < -0.39 is 0 Å². The van der Waals surface area contributed by atoms with Crippen molar-refractivity contribution in [2.45, 2.75) is 25.7 Å². The second kappa shape index (κ2) is 3.05. The Morgan fingerprint density at radius 3 is 2.83 bits per heavy atom. The lowest BCUT2D eigenvalue weighted by Gasteiger charge is -2.02. The number of rotatable bonds is 2. The molecule has 1 aliphatic carbocycles. The van der Waals surface area contributed by atoms with E-state index in [1.807, 2.05) is 0 Å². The van der Waals surface area contributed by atoms with E-state index in [1.54, 1.807) is 0 Å². The minimum atomic E-state index is 0.130. The van der Waals surface area contributed by atoms with Crippen molar-refractivity contribution in [2.75, 3.05) is 0 Å². The van der Waals surface area contributed by atoms with Crippen LogP contribution in [-0.4, -0.2) is 21.0 Å². The molecule has 0 spiro atoms. The van der Waals surface area contributed by atoms with Crippen LogP contribution in [0.25, 0.3) is 0 Å². The van der Waals surface area contributed by atoms with Crippen molar-refractivity contribution in [2.24, 2.45) is 5.92 Å². The highest BCUT2D eigenvalue weighted by Crippen LogP contribution is 2.26. The summed E-state index contributed by atoms with van der Waals surface area (Å²) < 4.78 is 0. The van der Waals surface area contributed by atoms with Gasteiger partial charge in [0, 0.05) is 5.92 Å². The Bertz CT molecular complexity index is 262. The highest BCUT2D eigenvalue weighted by molar-refractivity contribution is 5.94. The Morgan fingerprint density at radius 1 is 1.50 bits per heavy atom. The molecule has 1 saturated carbocycles. The summed E-state index contributed by atoms with van der Waals surface area (Å²) in [4.78, 5) is 15.4. The number of aromatic nitrogens is 3. The minimum absolute atomic E-state index is 0.130. The van der Waals surface area contributed by atoms with Gasteiger partial charge in [-0.2, -0.15) is 5.10 Å². The molecular weight excluding hydrogens is 154 g/mol. The first kappa shape index (κ1) is 7.46. The number of ketones is 1. The third kappa shape index (κ3) is 1.24. The van der Waals surface area contributed by atoms with Crippen LogP contribution in [0.1, 0.15) is 36.3 Å². The number of hydrogen-bond acceptors (Lipinski definition) is 3. The van der Waals surface area contributed by atoms with Crippen molar-refractivity contribution in [3.8, 4) is 0 Å². The summed E-state index contributed by atoms with van der Waals surface area (Å²) in [5.41, 5.74) is 0. The molecule has 2 rings (SSSR count). The van der Waals surface area contributed by atoms with E-state index in [0.717, 1.165) is 12.8 Å². The van der Waals surface area contributed by atoms with Crippen LogP contribution in [0.15, 0.2) is 6.33 Å². The van der Waals surface area contributed by atoms with Crippen LogP contribution in [0.5, 0.6) is 0 Å². The predicted molar refractivity (Wildman–Crippen MR) is 42.7 cm³/mol. The highest BCUT2D eigenvalue weighted by atomic mass is 16.1. The fourth-order valence-electron chi connectivity index (χ4n) is 1.71. The number of hydrogen-bond donors (Lipinski definition) is 1. The molecule has 0 amide bonds. The second-order valence-electron chi connectivity index (χ2n) is 3.18. The summed E-state index contributed by atoms with van der Waals surface area (Å²) in [5, 5.41) is 6.26. The molecule has 0 radical (unpaired) electrons. The van der Waals surface area contributed by atoms with E-state index in [2.05, 4.69) is 15.2 Å². The highest BCUT2D eigenvalue weighted by Gasteiger charge is 2.25. The number of carbonyl (C=O) groups is 1. The first-order valence-electron chi connectivity index (χ1n) is 4.27. The molecule has 1 fully saturated rings. The second-order valence-corrected chi connectivity index (χ2v) is 3.18. The van der Waals surface area contributed by atoms with Gasteiger partial charge in [-0.1, -0.05) is 12.8 Å². The van der Waals surface area contributed by atoms with Gasteiger partial charge < -0.3 is 0 Å². The molecule has 4 nitrogen and oxygen atoms in total. The average molecular weight is 165 g/mol. The van der Waals surface area contributed by atoms with E-state index in [4.69, 9.17) is 0 Å². The Kier molecular flexibility index (Phi) is 1.89. The quantitative estimate of drug-likeness (QED) is 0.669. The molecule has 0 bridgehead atoms. The summed E-state index contributed by atoms with van der Waals surface area (Å²) in [7, 11) is 0. The van der Waals surface area contributed by atoms with Crippen LogP contribution in [0.3, 0.4) is 0 Å². The van der Waals surface area contributed by atoms with E-state index in [1.165, 1.54) is 19.2 Å². The predicted octanol–water partition coefficient (Wildman–Crippen LogP) is 1.18. The Hall–Kier alpha value is -1.19. The minimum Gasteiger partial charge on any atom is -0.290 e. The standard InChI is InChI=1S/C8H11N3O/c12-7(6-3-1-2-4-6)8-9-5-10-11-8/h5-6H,1-4H2,(H,9,10,11). The lowest BCUT2D eigenvalue weighted by atomic mass is 10.0. The number of Topliss-reactive ketones (excluding diaryl/α,β-unsaturated/α-hetero) is 1. The van der Waals surface area contributed by atoms with Gasteiger partial charge in [0.05, 0.1) is 0 Å². The largest absolute Gasteiger partial charge is 0.290 e. The lowest BCUT2D eigenvalue weighted by Crippen LogP contribution is -2.12. The molecule has 0 unspecified atom stereocenters. The van der Waals surface area contributed by atoms with Gasteiger partial charge in [0.1, 0.15) is 6.33 Å². The van der Waals surface area contributed by atoms with Crippen LogP contribution in [-0.2, 0) is 0 Å². The number of H-pyrrole nitrogens is 1. The summed E-state index contributed by atoms with van der Waals surface area (Å²) in [5.74, 6) is 0.741. The number of nitrogens with one attached hydrogen (secondary N) is 1. The summed E-state index contributed by atoms with van der Waals surface area (Å²) in [6.07, 6.45) is 5.75. The molecule has 1 heterocycles. The summed E-state index contributed by atoms with van der Waals surface area (Å²) in [6, 6.07) is 0. The maximum absolute atomic E-state index is 11.6. The first-order chi connectivity index (χ1) is 5.88. The van der Waals surface area contributed by atoms with E-state index in [9.17, 15) is 4.79 Å². The van der Waals surface area contributed by atoms with Crippen molar-refractivity contribution in [3.63, 3.8) is 0 Å². The van der Waals surface area contributed by atoms with Gasteiger partial charge >= 0.3 is 0 Å². The molecule has 0 aromatic carbocycles. The molecule has 0 saturated heterocycles. The normalized spacial score (nSPS) is 18.3. The summed E-state index contributed by atoms with van der Waals surface area (Å²) >= 11 is 0. The molecular formula is C8H11N3O. The zero-order valence-corrected chi connectivity index (χ0v) is 6.79. The molecule has 64 valence electrons. The number of nitrogens with zero attached hydrogens (tertiary/aromatic N) is 2. The van der Waals surface area contributed by atoms with Crippen LogP contribution in [0, 0.1) is 5.92 Å². The maximum atomic E-state index is 11.6. The lowest BCUT2D eigenvalue weighted by molar-refractivity contribution is 0.0912. The van der Waals surface area contributed by atoms with Crippen molar-refractivity contribution < 1.29 is 4.79 Å². The van der Waals surface area contributed by atoms with Crippen molar-refractivity contribution in [3.05, 3.63) is 12.2 Å². The van der Waals surface area contributed by atoms with Crippen LogP contribution in [0.2, 0.25) is 0 Å². The monoisotopic (exact) mass is 165 g/mol. The van der Waals surface area contributed by atoms with Gasteiger partial charge in [-0.15, -0.1) is 0 Å². The fourth-order valence-corrected chi connectivity index (χ4v) is 1.71. The van der Waals surface area contributed by atoms with Gasteiger partial charge in [-0.25, -0.2) is 4.98 Å². The van der Waals surface area contributed by atoms with Crippen molar-refractivity contribution in [1.29, 1.82) is 0 Å². The van der Waals surface area contributed by atoms with Crippen molar-refractivity contribution in [1.82, 2.24) is 15.2 Å². The Labute approximate surface area is 70.4 Å². The van der Waals surface area contributed by atoms with Crippen LogP contribution in [0.4, 0.5) is 0 Å². The van der Waals surface area contributed by atoms with Crippen molar-refractivity contribution >= 4 is 5.78 Å². The van der Waals surface area contributed by atoms with Gasteiger partial charge in [0.15, 0.2) is 5.82 Å². The van der Waals surface area contributed by atoms with E-state index in [0.29, 0.717) is 5.82 Å². The molecule has 1 aromatic heterocycles. The molecule has 1 aromatic rings. The van der Waals surface area contributed by atoms with Gasteiger partial charge in [-0.3, -0.25) is 9.89 Å². The zero-order chi connectivity index (χ0) is 8.39. The van der Waals surface area contributed by atoms with Gasteiger partial charge in [0.25, 0.3) is 0 Å². The number of aromatic amines is 1. The third-order valence-electron chi connectivity index (χ3n) is 2.37. The molecule has 0 aliphatic heterocycles. The molecule has 12 heavy (non-hydrogen) atoms. The zero-order valence-electron chi connectivity index (χ0n) is 6.79. The summed E-state index contributed by atoms with van der Waals surface area (Å²) in [6.45, 7) is 0. The Morgan fingerprint density at radius 2 is 2.25 bits per heavy atom. The first-order valence-corrected chi connectivity index (χ1v) is 4.27. The molecule has 4 heteroatoms. The average Bonchev–Trinajstić information content (AvgIpc) is 2.77. The molecule has 1 N–H and O–H groups in total. The van der Waals surface area contributed by atoms with Crippen LogP contribution >= 0.6 is 0 Å². The smallest absolute Gasteiger partial charge is 0.202 e. The topological polar surface area (TPSA) is 58.6 Å². The Balaban J connectivity index is 2.09. The number of carbonyl (C=O) groups excluding carboxylic acids is 1.